The van der Waals surface area contributed by atoms with E-state index in [0.29, 0.717) is 30.1 Å². The topological polar surface area (TPSA) is 98.1 Å². The van der Waals surface area contributed by atoms with Gasteiger partial charge in [-0.25, -0.2) is 9.97 Å². The quantitative estimate of drug-likeness (QED) is 0.466. The fourth-order valence-corrected chi connectivity index (χ4v) is 4.66. The number of aromatic nitrogens is 3. The summed E-state index contributed by atoms with van der Waals surface area (Å²) in [5, 5.41) is 9.92. The number of ether oxygens (including phenoxy) is 1. The first-order valence-corrected chi connectivity index (χ1v) is 11.6. The highest BCUT2D eigenvalue weighted by molar-refractivity contribution is 6.06. The standard InChI is InChI=1S/C27H26N6O2/c1-35-26-15-22(21-4-2-3-5-23(21)31-26)27(34)33-12-10-32(11-13-33)25(24-17-29-18-30-24)14-19-6-8-20(16-28)9-7-19/h2-9,15,17-18,25H,10-14H2,1H3,(H,29,30). The van der Waals surface area contributed by atoms with Crippen molar-refractivity contribution in [1.82, 2.24) is 24.8 Å². The number of piperazine rings is 1. The number of amides is 1. The molecule has 8 nitrogen and oxygen atoms in total. The number of fused-ring (bicyclic) bond motifs is 1. The van der Waals surface area contributed by atoms with Crippen molar-refractivity contribution < 1.29 is 9.53 Å². The number of benzene rings is 2. The van der Waals surface area contributed by atoms with Crippen molar-refractivity contribution in [2.24, 2.45) is 0 Å². The molecule has 0 radical (unpaired) electrons. The first kappa shape index (κ1) is 22.6. The molecular weight excluding hydrogens is 440 g/mol. The predicted octanol–water partition coefficient (Wildman–Crippen LogP) is 3.58. The second kappa shape index (κ2) is 9.95. The Kier molecular flexibility index (Phi) is 6.42. The van der Waals surface area contributed by atoms with Crippen LogP contribution in [0.1, 0.15) is 33.2 Å². The van der Waals surface area contributed by atoms with Crippen LogP contribution >= 0.6 is 0 Å². The molecule has 1 atom stereocenters. The Balaban J connectivity index is 1.33. The second-order valence-corrected chi connectivity index (χ2v) is 8.59. The lowest BCUT2D eigenvalue weighted by atomic mass is 10.00. The molecule has 1 N–H and O–H groups in total. The summed E-state index contributed by atoms with van der Waals surface area (Å²) in [4.78, 5) is 29.8. The van der Waals surface area contributed by atoms with Crippen LogP contribution in [-0.2, 0) is 6.42 Å². The summed E-state index contributed by atoms with van der Waals surface area (Å²) in [5.74, 6) is 0.430. The molecule has 2 aromatic carbocycles. The average molecular weight is 467 g/mol. The highest BCUT2D eigenvalue weighted by Gasteiger charge is 2.29. The largest absolute Gasteiger partial charge is 0.481 e. The molecule has 1 saturated heterocycles. The minimum atomic E-state index is -0.00766. The second-order valence-electron chi connectivity index (χ2n) is 8.59. The number of rotatable bonds is 6. The zero-order chi connectivity index (χ0) is 24.2. The Morgan fingerprint density at radius 1 is 1.14 bits per heavy atom. The van der Waals surface area contributed by atoms with Crippen LogP contribution in [0.3, 0.4) is 0 Å². The third-order valence-corrected chi connectivity index (χ3v) is 6.56. The molecule has 1 amide bonds. The van der Waals surface area contributed by atoms with Gasteiger partial charge in [0.05, 0.1) is 47.9 Å². The summed E-state index contributed by atoms with van der Waals surface area (Å²) < 4.78 is 5.34. The summed E-state index contributed by atoms with van der Waals surface area (Å²) in [6, 6.07) is 19.4. The smallest absolute Gasteiger partial charge is 0.254 e. The highest BCUT2D eigenvalue weighted by atomic mass is 16.5. The number of para-hydroxylation sites is 1. The molecule has 0 spiro atoms. The van der Waals surface area contributed by atoms with E-state index in [4.69, 9.17) is 10.00 Å². The van der Waals surface area contributed by atoms with E-state index in [9.17, 15) is 4.79 Å². The van der Waals surface area contributed by atoms with Gasteiger partial charge in [-0.2, -0.15) is 5.26 Å². The van der Waals surface area contributed by atoms with Crippen LogP contribution in [0.4, 0.5) is 0 Å². The SMILES string of the molecule is COc1cc(C(=O)N2CCN(C(Cc3ccc(C#N)cc3)c3cnc[nH]3)CC2)c2ccccc2n1. The Bertz CT molecular complexity index is 1350. The molecule has 3 heterocycles. The van der Waals surface area contributed by atoms with Crippen molar-refractivity contribution in [3.8, 4) is 11.9 Å². The fraction of sp³-hybridized carbons (Fsp3) is 0.259. The average Bonchev–Trinajstić information content (AvgIpc) is 3.46. The molecule has 2 aromatic heterocycles. The van der Waals surface area contributed by atoms with Gasteiger partial charge >= 0.3 is 0 Å². The van der Waals surface area contributed by atoms with Crippen LogP contribution in [0.25, 0.3) is 10.9 Å². The third-order valence-electron chi connectivity index (χ3n) is 6.56. The Hall–Kier alpha value is -4.22. The number of imidazole rings is 1. The van der Waals surface area contributed by atoms with Crippen molar-refractivity contribution in [2.75, 3.05) is 33.3 Å². The molecule has 1 unspecified atom stereocenters. The molecule has 5 rings (SSSR count). The van der Waals surface area contributed by atoms with E-state index in [2.05, 4.69) is 25.9 Å². The van der Waals surface area contributed by atoms with Crippen LogP contribution in [0.5, 0.6) is 5.88 Å². The van der Waals surface area contributed by atoms with Gasteiger partial charge in [-0.1, -0.05) is 30.3 Å². The van der Waals surface area contributed by atoms with E-state index in [1.807, 2.05) is 59.6 Å². The highest BCUT2D eigenvalue weighted by Crippen LogP contribution is 2.27. The van der Waals surface area contributed by atoms with Crippen molar-refractivity contribution in [2.45, 2.75) is 12.5 Å². The third kappa shape index (κ3) is 4.72. The lowest BCUT2D eigenvalue weighted by Crippen LogP contribution is -2.50. The number of nitrogens with zero attached hydrogens (tertiary/aromatic N) is 5. The Morgan fingerprint density at radius 2 is 1.91 bits per heavy atom. The van der Waals surface area contributed by atoms with Crippen molar-refractivity contribution in [3.05, 3.63) is 89.5 Å². The number of carbonyl (C=O) groups is 1. The number of H-pyrrole nitrogens is 1. The molecule has 1 aliphatic rings. The number of pyridine rings is 1. The number of aromatic amines is 1. The number of nitriles is 1. The molecule has 0 aliphatic carbocycles. The summed E-state index contributed by atoms with van der Waals surface area (Å²) in [6.45, 7) is 2.73. The number of hydrogen-bond acceptors (Lipinski definition) is 6. The molecule has 0 bridgehead atoms. The molecule has 1 fully saturated rings. The number of carbonyl (C=O) groups excluding carboxylic acids is 1. The van der Waals surface area contributed by atoms with Crippen LogP contribution < -0.4 is 4.74 Å². The van der Waals surface area contributed by atoms with Crippen molar-refractivity contribution in [3.63, 3.8) is 0 Å². The molecule has 176 valence electrons. The van der Waals surface area contributed by atoms with Crippen LogP contribution in [0.2, 0.25) is 0 Å². The minimum absolute atomic E-state index is 0.00766. The van der Waals surface area contributed by atoms with Crippen LogP contribution in [0, 0.1) is 11.3 Å². The van der Waals surface area contributed by atoms with Gasteiger partial charge in [-0.3, -0.25) is 9.69 Å². The lowest BCUT2D eigenvalue weighted by molar-refractivity contribution is 0.0564. The minimum Gasteiger partial charge on any atom is -0.481 e. The molecule has 4 aromatic rings. The molecule has 1 aliphatic heterocycles. The van der Waals surface area contributed by atoms with E-state index in [1.54, 1.807) is 19.5 Å². The van der Waals surface area contributed by atoms with Gasteiger partial charge in [0.25, 0.3) is 5.91 Å². The maximum Gasteiger partial charge on any atom is 0.254 e. The van der Waals surface area contributed by atoms with Gasteiger partial charge in [0.1, 0.15) is 0 Å². The molecular formula is C27H26N6O2. The summed E-state index contributed by atoms with van der Waals surface area (Å²) in [7, 11) is 1.56. The number of nitrogens with one attached hydrogen (secondary N) is 1. The molecule has 0 saturated carbocycles. The van der Waals surface area contributed by atoms with Gasteiger partial charge in [0.15, 0.2) is 0 Å². The monoisotopic (exact) mass is 466 g/mol. The lowest BCUT2D eigenvalue weighted by Gasteiger charge is -2.39. The summed E-state index contributed by atoms with van der Waals surface area (Å²) in [6.07, 6.45) is 4.35. The zero-order valence-corrected chi connectivity index (χ0v) is 19.5. The van der Waals surface area contributed by atoms with Gasteiger partial charge in [0, 0.05) is 43.8 Å². The van der Waals surface area contributed by atoms with Crippen molar-refractivity contribution in [1.29, 1.82) is 5.26 Å². The summed E-state index contributed by atoms with van der Waals surface area (Å²) >= 11 is 0. The van der Waals surface area contributed by atoms with E-state index in [1.165, 1.54) is 0 Å². The van der Waals surface area contributed by atoms with Crippen LogP contribution in [0.15, 0.2) is 67.1 Å². The number of hydrogen-bond donors (Lipinski definition) is 1. The van der Waals surface area contributed by atoms with Gasteiger partial charge < -0.3 is 14.6 Å². The van der Waals surface area contributed by atoms with Gasteiger partial charge in [-0.05, 0) is 30.2 Å². The zero-order valence-electron chi connectivity index (χ0n) is 19.5. The van der Waals surface area contributed by atoms with E-state index < -0.39 is 0 Å². The Labute approximate surface area is 203 Å². The van der Waals surface area contributed by atoms with Crippen molar-refractivity contribution >= 4 is 16.8 Å². The molecule has 35 heavy (non-hydrogen) atoms. The van der Waals surface area contributed by atoms with E-state index in [0.717, 1.165) is 41.7 Å². The maximum absolute atomic E-state index is 13.5. The normalized spacial score (nSPS) is 15.0. The van der Waals surface area contributed by atoms with Gasteiger partial charge in [0.2, 0.25) is 5.88 Å². The molecule has 8 heteroatoms. The summed E-state index contributed by atoms with van der Waals surface area (Å²) in [5.41, 5.74) is 4.20. The first-order chi connectivity index (χ1) is 17.2. The first-order valence-electron chi connectivity index (χ1n) is 11.6. The Morgan fingerprint density at radius 3 is 2.60 bits per heavy atom. The maximum atomic E-state index is 13.5. The predicted molar refractivity (Wildman–Crippen MR) is 132 cm³/mol. The van der Waals surface area contributed by atoms with E-state index >= 15 is 0 Å². The van der Waals surface area contributed by atoms with E-state index in [-0.39, 0.29) is 11.9 Å². The van der Waals surface area contributed by atoms with Gasteiger partial charge in [-0.15, -0.1) is 0 Å². The number of methoxy groups -OCH3 is 1. The fourth-order valence-electron chi connectivity index (χ4n) is 4.66. The van der Waals surface area contributed by atoms with Crippen LogP contribution in [-0.4, -0.2) is 63.9 Å².